The minimum absolute atomic E-state index is 0.151. The van der Waals surface area contributed by atoms with Gasteiger partial charge < -0.3 is 38.3 Å². The van der Waals surface area contributed by atoms with E-state index in [-0.39, 0.29) is 19.8 Å². The van der Waals surface area contributed by atoms with Crippen molar-refractivity contribution in [2.24, 2.45) is 0 Å². The number of aliphatic hydroxyl groups is 1. The molecule has 2 aliphatic heterocycles. The average Bonchev–Trinajstić information content (AvgIpc) is 3.28. The molecular weight excluding hydrogens is 769 g/mol. The van der Waals surface area contributed by atoms with E-state index in [1.54, 1.807) is 30.6 Å². The van der Waals surface area contributed by atoms with Gasteiger partial charge in [-0.1, -0.05) is 133 Å². The van der Waals surface area contributed by atoms with Gasteiger partial charge in [-0.25, -0.2) is 0 Å². The summed E-state index contributed by atoms with van der Waals surface area (Å²) >= 11 is 3.34. The van der Waals surface area contributed by atoms with E-state index in [1.807, 2.05) is 146 Å². The first-order valence-corrected chi connectivity index (χ1v) is 21.7. The van der Waals surface area contributed by atoms with Gasteiger partial charge in [-0.2, -0.15) is 0 Å². The Kier molecular flexibility index (Phi) is 15.9. The van der Waals surface area contributed by atoms with E-state index < -0.39 is 30.2 Å². The summed E-state index contributed by atoms with van der Waals surface area (Å²) in [6.45, 7) is 2.27. The summed E-state index contributed by atoms with van der Waals surface area (Å²) in [4.78, 5) is 1.73. The fourth-order valence-corrected chi connectivity index (χ4v) is 9.67. The highest BCUT2D eigenvalue weighted by molar-refractivity contribution is 8.10. The van der Waals surface area contributed by atoms with Crippen molar-refractivity contribution in [2.75, 3.05) is 31.8 Å². The Morgan fingerprint density at radius 3 is 1.62 bits per heavy atom. The Bertz CT molecular complexity index is 1970. The zero-order valence-corrected chi connectivity index (χ0v) is 34.5. The second-order valence-electron chi connectivity index (χ2n) is 14.2. The fraction of sp³-hybridized carbons (Fsp3) is 0.333. The molecule has 0 saturated carbocycles. The summed E-state index contributed by atoms with van der Waals surface area (Å²) in [5.41, 5.74) is 5.07. The predicted octanol–water partition coefficient (Wildman–Crippen LogP) is 9.35. The number of hydrogen-bond acceptors (Lipinski definition) is 10. The van der Waals surface area contributed by atoms with Crippen molar-refractivity contribution in [3.63, 3.8) is 0 Å². The lowest BCUT2D eigenvalue weighted by molar-refractivity contribution is -0.353. The van der Waals surface area contributed by atoms with Crippen molar-refractivity contribution in [1.29, 1.82) is 0 Å². The maximum Gasteiger partial charge on any atom is 0.229 e. The van der Waals surface area contributed by atoms with Crippen LogP contribution in [0.25, 0.3) is 0 Å². The van der Waals surface area contributed by atoms with Crippen LogP contribution in [0.4, 0.5) is 0 Å². The molecule has 5 aromatic rings. The molecule has 8 nitrogen and oxygen atoms in total. The first-order chi connectivity index (χ1) is 28.6. The maximum atomic E-state index is 13.4. The van der Waals surface area contributed by atoms with Crippen LogP contribution in [0.15, 0.2) is 155 Å². The van der Waals surface area contributed by atoms with Crippen molar-refractivity contribution in [3.8, 4) is 5.75 Å². The fourth-order valence-electron chi connectivity index (χ4n) is 7.06. The molecule has 5 atom stereocenters. The van der Waals surface area contributed by atoms with Crippen LogP contribution >= 0.6 is 23.5 Å². The third-order valence-corrected chi connectivity index (χ3v) is 12.8. The van der Waals surface area contributed by atoms with E-state index >= 15 is 0 Å². The van der Waals surface area contributed by atoms with E-state index in [2.05, 4.69) is 0 Å². The Labute approximate surface area is 350 Å². The minimum atomic E-state index is -1.90. The van der Waals surface area contributed by atoms with Crippen LogP contribution in [0.1, 0.15) is 34.2 Å². The van der Waals surface area contributed by atoms with Gasteiger partial charge in [0.1, 0.15) is 30.2 Å². The molecule has 0 spiro atoms. The van der Waals surface area contributed by atoms with Gasteiger partial charge >= 0.3 is 0 Å². The number of methoxy groups -OCH3 is 1. The lowest BCUT2D eigenvalue weighted by Gasteiger charge is -2.51. The quantitative estimate of drug-likeness (QED) is 0.0768. The second-order valence-corrected chi connectivity index (χ2v) is 16.5. The van der Waals surface area contributed by atoms with Gasteiger partial charge in [-0.15, -0.1) is 23.5 Å². The van der Waals surface area contributed by atoms with Crippen molar-refractivity contribution in [1.82, 2.24) is 0 Å². The average molecular weight is 821 g/mol. The van der Waals surface area contributed by atoms with Crippen LogP contribution in [0.5, 0.6) is 5.75 Å². The number of thioether (sulfide) groups is 2. The predicted molar refractivity (Wildman–Crippen MR) is 230 cm³/mol. The van der Waals surface area contributed by atoms with Crippen LogP contribution in [-0.4, -0.2) is 67.1 Å². The van der Waals surface area contributed by atoms with Crippen LogP contribution < -0.4 is 4.74 Å². The van der Waals surface area contributed by atoms with E-state index in [0.717, 1.165) is 54.9 Å². The molecule has 1 fully saturated rings. The van der Waals surface area contributed by atoms with Gasteiger partial charge in [0.15, 0.2) is 0 Å². The van der Waals surface area contributed by atoms with Crippen LogP contribution in [0.2, 0.25) is 0 Å². The summed E-state index contributed by atoms with van der Waals surface area (Å²) in [5, 5.41) is 13.4. The summed E-state index contributed by atoms with van der Waals surface area (Å²) in [6, 6.07) is 48.0. The molecule has 0 aliphatic carbocycles. The molecule has 304 valence electrons. The zero-order valence-electron chi connectivity index (χ0n) is 32.9. The highest BCUT2D eigenvalue weighted by Gasteiger charge is 2.59. The molecule has 7 rings (SSSR count). The monoisotopic (exact) mass is 820 g/mol. The number of ether oxygens (including phenoxy) is 7. The number of benzene rings is 5. The van der Waals surface area contributed by atoms with Crippen molar-refractivity contribution in [2.45, 2.75) is 69.7 Å². The largest absolute Gasteiger partial charge is 0.497 e. The van der Waals surface area contributed by atoms with Gasteiger partial charge in [0, 0.05) is 22.8 Å². The van der Waals surface area contributed by atoms with Crippen molar-refractivity contribution >= 4 is 23.5 Å². The van der Waals surface area contributed by atoms with Gasteiger partial charge in [0.2, 0.25) is 5.79 Å². The Morgan fingerprint density at radius 2 is 1.05 bits per heavy atom. The first kappa shape index (κ1) is 42.2. The Morgan fingerprint density at radius 1 is 0.569 bits per heavy atom. The van der Waals surface area contributed by atoms with Gasteiger partial charge in [-0.3, -0.25) is 0 Å². The second kappa shape index (κ2) is 21.9. The van der Waals surface area contributed by atoms with E-state index in [4.69, 9.17) is 33.2 Å². The molecule has 1 saturated heterocycles. The lowest BCUT2D eigenvalue weighted by atomic mass is 9.90. The smallest absolute Gasteiger partial charge is 0.229 e. The minimum Gasteiger partial charge on any atom is -0.497 e. The molecule has 0 bridgehead atoms. The third kappa shape index (κ3) is 11.6. The van der Waals surface area contributed by atoms with E-state index in [9.17, 15) is 5.11 Å². The molecule has 2 aliphatic rings. The molecule has 0 radical (unpaired) electrons. The lowest BCUT2D eigenvalue weighted by Crippen LogP contribution is -2.67. The zero-order chi connectivity index (χ0) is 39.8. The molecule has 2 heterocycles. The van der Waals surface area contributed by atoms with Crippen LogP contribution in [0.3, 0.4) is 0 Å². The molecule has 0 amide bonds. The highest BCUT2D eigenvalue weighted by Crippen LogP contribution is 2.49. The molecule has 0 unspecified atom stereocenters. The van der Waals surface area contributed by atoms with Crippen molar-refractivity contribution in [3.05, 3.63) is 183 Å². The maximum absolute atomic E-state index is 13.4. The van der Waals surface area contributed by atoms with E-state index in [1.165, 1.54) is 0 Å². The molecule has 1 N–H and O–H groups in total. The summed E-state index contributed by atoms with van der Waals surface area (Å²) < 4.78 is 45.6. The van der Waals surface area contributed by atoms with Crippen LogP contribution in [0, 0.1) is 0 Å². The van der Waals surface area contributed by atoms with E-state index in [0.29, 0.717) is 32.8 Å². The molecule has 0 aromatic heterocycles. The molecular formula is C48H52O8S2. The topological polar surface area (TPSA) is 84.8 Å². The molecule has 58 heavy (non-hydrogen) atoms. The van der Waals surface area contributed by atoms with Crippen LogP contribution in [-0.2, 0) is 61.5 Å². The highest BCUT2D eigenvalue weighted by atomic mass is 32.2. The Hall–Kier alpha value is -3.94. The third-order valence-electron chi connectivity index (χ3n) is 10.0. The van der Waals surface area contributed by atoms with Gasteiger partial charge in [-0.05, 0) is 39.9 Å². The summed E-state index contributed by atoms with van der Waals surface area (Å²) in [6.07, 6.45) is -2.52. The van der Waals surface area contributed by atoms with Gasteiger partial charge in [0.05, 0.1) is 58.3 Å². The normalized spacial score (nSPS) is 22.2. The molecule has 10 heteroatoms. The standard InChI is InChI=1S/C48H52O8S2/c1-50-41-24-22-40(23-25-41)30-51-27-26-43-47(58-29-28-57-43)48(49)46(55-34-39-20-12-5-13-21-39)45(54-33-38-18-10-4-11-19-38)44(53-32-37-16-8-3-9-17-37)42(56-48)35-52-31-36-14-6-2-7-15-36/h2-25,42,44-46,49H,26-35H2,1H3/t42-,44+,45+,46-,48-/m1/s1. The molecule has 5 aromatic carbocycles. The number of rotatable bonds is 20. The van der Waals surface area contributed by atoms with Crippen molar-refractivity contribution < 1.29 is 38.3 Å². The van der Waals surface area contributed by atoms with Gasteiger partial charge in [0.25, 0.3) is 0 Å². The number of hydrogen-bond donors (Lipinski definition) is 1. The summed E-state index contributed by atoms with van der Waals surface area (Å²) in [5.74, 6) is 0.605. The Balaban J connectivity index is 1.23. The SMILES string of the molecule is COc1ccc(COCCC2=C([C@]3(O)O[C@H](COCc4ccccc4)[C@H](OCc4ccccc4)[C@H](OCc4ccccc4)[C@H]3OCc3ccccc3)SCCS2)cc1. The first-order valence-electron chi connectivity index (χ1n) is 19.8. The summed E-state index contributed by atoms with van der Waals surface area (Å²) in [7, 11) is 1.66.